The van der Waals surface area contributed by atoms with E-state index in [1.807, 2.05) is 12.1 Å². The van der Waals surface area contributed by atoms with E-state index in [4.69, 9.17) is 27.5 Å². The molecule has 1 unspecified atom stereocenters. The minimum atomic E-state index is -0.0654. The zero-order valence-corrected chi connectivity index (χ0v) is 12.8. The number of hydrogen-bond donors (Lipinski definition) is 2. The van der Waals surface area contributed by atoms with Crippen LogP contribution >= 0.6 is 11.6 Å². The van der Waals surface area contributed by atoms with Crippen molar-refractivity contribution in [2.45, 2.75) is 31.9 Å². The highest BCUT2D eigenvalue weighted by atomic mass is 35.5. The molecular formula is C15H22ClN3O. The molecule has 0 amide bonds. The highest BCUT2D eigenvalue weighted by Gasteiger charge is 2.30. The summed E-state index contributed by atoms with van der Waals surface area (Å²) in [5.74, 6) is 0.0448. The van der Waals surface area contributed by atoms with Gasteiger partial charge in [0.1, 0.15) is 5.84 Å². The lowest BCUT2D eigenvalue weighted by molar-refractivity contribution is -0.0526. The van der Waals surface area contributed by atoms with E-state index in [1.54, 1.807) is 13.2 Å². The second-order valence-electron chi connectivity index (χ2n) is 5.69. The number of nitrogens with one attached hydrogen (secondary N) is 1. The molecule has 110 valence electrons. The number of hydrogen-bond acceptors (Lipinski definition) is 3. The number of amidine groups is 1. The van der Waals surface area contributed by atoms with Gasteiger partial charge in [0, 0.05) is 30.8 Å². The molecule has 1 heterocycles. The summed E-state index contributed by atoms with van der Waals surface area (Å²) in [5, 5.41) is 8.09. The summed E-state index contributed by atoms with van der Waals surface area (Å²) in [6.07, 6.45) is 2.23. The number of likely N-dealkylation sites (tertiary alicyclic amines) is 1. The Morgan fingerprint density at radius 1 is 1.55 bits per heavy atom. The van der Waals surface area contributed by atoms with Crippen LogP contribution in [0.15, 0.2) is 18.2 Å². The van der Waals surface area contributed by atoms with Crippen molar-refractivity contribution in [3.05, 3.63) is 34.3 Å². The Hall–Kier alpha value is -1.10. The molecule has 0 aliphatic carbocycles. The van der Waals surface area contributed by atoms with Crippen LogP contribution in [-0.4, -0.2) is 36.5 Å². The molecule has 2 rings (SSSR count). The molecule has 1 aromatic carbocycles. The molecule has 0 aromatic heterocycles. The van der Waals surface area contributed by atoms with E-state index < -0.39 is 0 Å². The van der Waals surface area contributed by atoms with E-state index in [1.165, 1.54) is 0 Å². The predicted molar refractivity (Wildman–Crippen MR) is 82.4 cm³/mol. The molecule has 3 N–H and O–H groups in total. The first-order chi connectivity index (χ1) is 9.43. The monoisotopic (exact) mass is 295 g/mol. The number of nitrogens with zero attached hydrogens (tertiary/aromatic N) is 1. The van der Waals surface area contributed by atoms with Crippen LogP contribution in [-0.2, 0) is 11.3 Å². The first-order valence-electron chi connectivity index (χ1n) is 6.84. The van der Waals surface area contributed by atoms with E-state index in [-0.39, 0.29) is 11.4 Å². The molecular weight excluding hydrogens is 274 g/mol. The minimum Gasteiger partial charge on any atom is -0.384 e. The first-order valence-corrected chi connectivity index (χ1v) is 7.22. The van der Waals surface area contributed by atoms with Crippen molar-refractivity contribution in [2.75, 3.05) is 20.2 Å². The highest BCUT2D eigenvalue weighted by molar-refractivity contribution is 6.31. The molecule has 20 heavy (non-hydrogen) atoms. The van der Waals surface area contributed by atoms with Gasteiger partial charge in [-0.1, -0.05) is 23.7 Å². The largest absolute Gasteiger partial charge is 0.384 e. The van der Waals surface area contributed by atoms with Gasteiger partial charge in [-0.25, -0.2) is 0 Å². The average Bonchev–Trinajstić information content (AvgIpc) is 2.41. The van der Waals surface area contributed by atoms with Crippen LogP contribution in [0.3, 0.4) is 0 Å². The Morgan fingerprint density at radius 3 is 2.90 bits per heavy atom. The molecule has 1 saturated heterocycles. The van der Waals surface area contributed by atoms with Gasteiger partial charge >= 0.3 is 0 Å². The SMILES string of the molecule is COC1(C)CCCN(Cc2ccc(C(=N)N)cc2Cl)C1. The van der Waals surface area contributed by atoms with Gasteiger partial charge in [0.15, 0.2) is 0 Å². The lowest BCUT2D eigenvalue weighted by Crippen LogP contribution is -2.46. The fourth-order valence-electron chi connectivity index (χ4n) is 2.69. The molecule has 1 atom stereocenters. The van der Waals surface area contributed by atoms with Crippen molar-refractivity contribution in [1.82, 2.24) is 4.90 Å². The van der Waals surface area contributed by atoms with Crippen LogP contribution < -0.4 is 5.73 Å². The third-order valence-electron chi connectivity index (χ3n) is 3.99. The van der Waals surface area contributed by atoms with Crippen molar-refractivity contribution >= 4 is 17.4 Å². The minimum absolute atomic E-state index is 0.0448. The molecule has 1 aliphatic heterocycles. The molecule has 1 fully saturated rings. The van der Waals surface area contributed by atoms with Crippen molar-refractivity contribution in [1.29, 1.82) is 5.41 Å². The number of rotatable bonds is 4. The second kappa shape index (κ2) is 6.12. The van der Waals surface area contributed by atoms with E-state index in [9.17, 15) is 0 Å². The molecule has 1 aromatic rings. The maximum Gasteiger partial charge on any atom is 0.122 e. The van der Waals surface area contributed by atoms with Gasteiger partial charge in [-0.05, 0) is 37.9 Å². The molecule has 5 heteroatoms. The summed E-state index contributed by atoms with van der Waals surface area (Å²) in [7, 11) is 1.78. The number of nitrogens with two attached hydrogens (primary N) is 1. The van der Waals surface area contributed by atoms with E-state index in [0.29, 0.717) is 10.6 Å². The third-order valence-corrected chi connectivity index (χ3v) is 4.34. The summed E-state index contributed by atoms with van der Waals surface area (Å²) in [6, 6.07) is 5.57. The van der Waals surface area contributed by atoms with Crippen LogP contribution in [0.1, 0.15) is 30.9 Å². The lowest BCUT2D eigenvalue weighted by Gasteiger charge is -2.39. The maximum absolute atomic E-state index is 7.42. The molecule has 4 nitrogen and oxygen atoms in total. The fourth-order valence-corrected chi connectivity index (χ4v) is 2.93. The third kappa shape index (κ3) is 3.51. The Balaban J connectivity index is 2.08. The number of benzene rings is 1. The van der Waals surface area contributed by atoms with Crippen molar-refractivity contribution in [3.8, 4) is 0 Å². The van der Waals surface area contributed by atoms with Gasteiger partial charge in [-0.15, -0.1) is 0 Å². The van der Waals surface area contributed by atoms with Gasteiger partial charge in [0.25, 0.3) is 0 Å². The molecule has 1 aliphatic rings. The van der Waals surface area contributed by atoms with Gasteiger partial charge in [-0.3, -0.25) is 10.3 Å². The van der Waals surface area contributed by atoms with E-state index >= 15 is 0 Å². The maximum atomic E-state index is 7.42. The van der Waals surface area contributed by atoms with Crippen molar-refractivity contribution < 1.29 is 4.74 Å². The topological polar surface area (TPSA) is 62.3 Å². The summed E-state index contributed by atoms with van der Waals surface area (Å²) in [5.41, 5.74) is 7.14. The Bertz CT molecular complexity index is 506. The predicted octanol–water partition coefficient (Wildman–Crippen LogP) is 2.62. The number of piperidine rings is 1. The highest BCUT2D eigenvalue weighted by Crippen LogP contribution is 2.27. The van der Waals surface area contributed by atoms with Crippen LogP contribution in [0.5, 0.6) is 0 Å². The second-order valence-corrected chi connectivity index (χ2v) is 6.10. The summed E-state index contributed by atoms with van der Waals surface area (Å²) in [6.45, 7) is 4.92. The van der Waals surface area contributed by atoms with Gasteiger partial charge in [0.2, 0.25) is 0 Å². The first kappa shape index (κ1) is 15.3. The van der Waals surface area contributed by atoms with Crippen LogP contribution in [0.4, 0.5) is 0 Å². The Labute approximate surface area is 125 Å². The number of methoxy groups -OCH3 is 1. The Morgan fingerprint density at radius 2 is 2.30 bits per heavy atom. The quantitative estimate of drug-likeness (QED) is 0.663. The normalized spacial score (nSPS) is 23.8. The van der Waals surface area contributed by atoms with Crippen LogP contribution in [0, 0.1) is 5.41 Å². The van der Waals surface area contributed by atoms with E-state index in [0.717, 1.165) is 38.0 Å². The fraction of sp³-hybridized carbons (Fsp3) is 0.533. The van der Waals surface area contributed by atoms with E-state index in [2.05, 4.69) is 11.8 Å². The van der Waals surface area contributed by atoms with Crippen LogP contribution in [0.25, 0.3) is 0 Å². The van der Waals surface area contributed by atoms with Crippen molar-refractivity contribution in [3.63, 3.8) is 0 Å². The summed E-state index contributed by atoms with van der Waals surface area (Å²) >= 11 is 6.29. The van der Waals surface area contributed by atoms with Crippen molar-refractivity contribution in [2.24, 2.45) is 5.73 Å². The average molecular weight is 296 g/mol. The van der Waals surface area contributed by atoms with Crippen LogP contribution in [0.2, 0.25) is 5.02 Å². The molecule has 0 radical (unpaired) electrons. The number of nitrogen functional groups attached to an aromatic ring is 1. The molecule has 0 saturated carbocycles. The zero-order chi connectivity index (χ0) is 14.8. The number of ether oxygens (including phenoxy) is 1. The summed E-state index contributed by atoms with van der Waals surface area (Å²) < 4.78 is 5.61. The molecule has 0 spiro atoms. The lowest BCUT2D eigenvalue weighted by atomic mass is 9.94. The number of halogens is 1. The van der Waals surface area contributed by atoms with Gasteiger partial charge in [-0.2, -0.15) is 0 Å². The smallest absolute Gasteiger partial charge is 0.122 e. The van der Waals surface area contributed by atoms with Gasteiger partial charge < -0.3 is 10.5 Å². The molecule has 0 bridgehead atoms. The van der Waals surface area contributed by atoms with Gasteiger partial charge in [0.05, 0.1) is 5.60 Å². The Kier molecular flexibility index (Phi) is 4.68. The standard InChI is InChI=1S/C15H22ClN3O/c1-15(20-2)6-3-7-19(10-15)9-12-5-4-11(14(17)18)8-13(12)16/h4-5,8H,3,6-7,9-10H2,1-2H3,(H3,17,18). The summed E-state index contributed by atoms with van der Waals surface area (Å²) in [4.78, 5) is 2.36. The zero-order valence-electron chi connectivity index (χ0n) is 12.1.